The lowest BCUT2D eigenvalue weighted by atomic mass is 10.3. The Morgan fingerprint density at radius 1 is 1.00 bits per heavy atom. The third-order valence-electron chi connectivity index (χ3n) is 2.38. The predicted octanol–water partition coefficient (Wildman–Crippen LogP) is 2.59. The lowest BCUT2D eigenvalue weighted by molar-refractivity contribution is 0.231. The lowest BCUT2D eigenvalue weighted by Crippen LogP contribution is -2.43. The molecule has 5 heteroatoms. The van der Waals surface area contributed by atoms with E-state index in [4.69, 9.17) is 0 Å². The van der Waals surface area contributed by atoms with E-state index in [1.165, 1.54) is 13.8 Å². The van der Waals surface area contributed by atoms with Crippen LogP contribution < -0.4 is 0 Å². The Bertz CT molecular complexity index is 246. The molecular weight excluding hydrogens is 198 g/mol. The second-order valence-electron chi connectivity index (χ2n) is 3.41. The van der Waals surface area contributed by atoms with Crippen LogP contribution in [0, 0.1) is 0 Å². The van der Waals surface area contributed by atoms with Gasteiger partial charge in [0.15, 0.2) is 0 Å². The van der Waals surface area contributed by atoms with Gasteiger partial charge >= 0.3 is 0 Å². The Kier molecular flexibility index (Phi) is 3.47. The number of rotatable bonds is 4. The molecule has 0 radical (unpaired) electrons. The molecular formula is C8H16F2O2S. The minimum Gasteiger partial charge on any atom is -0.227 e. The Hall–Kier alpha value is -0.190. The van der Waals surface area contributed by atoms with Crippen molar-refractivity contribution in [2.45, 2.75) is 50.5 Å². The first-order valence-corrected chi connectivity index (χ1v) is 5.72. The van der Waals surface area contributed by atoms with Crippen molar-refractivity contribution in [1.82, 2.24) is 0 Å². The van der Waals surface area contributed by atoms with Crippen molar-refractivity contribution in [3.8, 4) is 0 Å². The molecule has 0 saturated carbocycles. The van der Waals surface area contributed by atoms with Gasteiger partial charge in [0.1, 0.15) is 0 Å². The third-order valence-corrected chi connectivity index (χ3v) is 5.20. The highest BCUT2D eigenvalue weighted by molar-refractivity contribution is 7.93. The summed E-state index contributed by atoms with van der Waals surface area (Å²) in [4.78, 5) is 0. The molecule has 0 rings (SSSR count). The zero-order chi connectivity index (χ0) is 10.9. The van der Waals surface area contributed by atoms with E-state index in [0.717, 1.165) is 13.8 Å². The maximum absolute atomic E-state index is 13.5. The molecule has 0 aliphatic rings. The summed E-state index contributed by atoms with van der Waals surface area (Å²) in [7, 11) is -4.37. The maximum Gasteiger partial charge on any atom is 0.219 e. The monoisotopic (exact) mass is 214 g/mol. The van der Waals surface area contributed by atoms with Crippen LogP contribution in [-0.4, -0.2) is 18.4 Å². The molecule has 2 nitrogen and oxygen atoms in total. The molecule has 0 fully saturated rings. The predicted molar refractivity (Wildman–Crippen MR) is 48.5 cm³/mol. The number of halogens is 2. The summed E-state index contributed by atoms with van der Waals surface area (Å²) in [6.07, 6.45) is -0.482. The van der Waals surface area contributed by atoms with Gasteiger partial charge in [0, 0.05) is 0 Å². The van der Waals surface area contributed by atoms with E-state index in [2.05, 4.69) is 0 Å². The van der Waals surface area contributed by atoms with Crippen molar-refractivity contribution in [1.29, 1.82) is 0 Å². The molecule has 2 atom stereocenters. The number of hydrogen-bond acceptors (Lipinski definition) is 2. The third kappa shape index (κ3) is 2.00. The molecule has 2 unspecified atom stereocenters. The average Bonchev–Trinajstić information content (AvgIpc) is 2.03. The highest BCUT2D eigenvalue weighted by Gasteiger charge is 2.50. The Morgan fingerprint density at radius 3 is 1.38 bits per heavy atom. The molecule has 0 aliphatic carbocycles. The van der Waals surface area contributed by atoms with Crippen molar-refractivity contribution < 1.29 is 17.2 Å². The van der Waals surface area contributed by atoms with Gasteiger partial charge in [-0.3, -0.25) is 0 Å². The Balaban J connectivity index is 5.23. The summed E-state index contributed by atoms with van der Waals surface area (Å²) in [5.74, 6) is 0. The van der Waals surface area contributed by atoms with Gasteiger partial charge in [0.25, 0.3) is 0 Å². The van der Waals surface area contributed by atoms with Crippen LogP contribution in [0.3, 0.4) is 0 Å². The minimum atomic E-state index is -4.37. The van der Waals surface area contributed by atoms with Crippen LogP contribution in [0.1, 0.15) is 40.5 Å². The maximum atomic E-state index is 13.5. The molecule has 0 aromatic carbocycles. The quantitative estimate of drug-likeness (QED) is 0.720. The molecule has 0 N–H and O–H groups in total. The summed E-state index contributed by atoms with van der Waals surface area (Å²) in [6, 6.07) is 0. The largest absolute Gasteiger partial charge is 0.227 e. The summed E-state index contributed by atoms with van der Waals surface area (Å²) in [5, 5.41) is -4.96. The van der Waals surface area contributed by atoms with Gasteiger partial charge in [-0.2, -0.15) is 0 Å². The molecule has 0 saturated heterocycles. The van der Waals surface area contributed by atoms with E-state index >= 15 is 0 Å². The average molecular weight is 214 g/mol. The van der Waals surface area contributed by atoms with Gasteiger partial charge < -0.3 is 0 Å². The second-order valence-corrected chi connectivity index (χ2v) is 6.12. The molecule has 0 aromatic heterocycles. The molecule has 80 valence electrons. The van der Waals surface area contributed by atoms with Crippen LogP contribution in [0.25, 0.3) is 0 Å². The van der Waals surface area contributed by atoms with Crippen LogP contribution in [0.15, 0.2) is 0 Å². The molecule has 0 heterocycles. The zero-order valence-electron chi connectivity index (χ0n) is 8.39. The Morgan fingerprint density at radius 2 is 1.23 bits per heavy atom. The second kappa shape index (κ2) is 3.52. The first-order valence-electron chi connectivity index (χ1n) is 4.24. The topological polar surface area (TPSA) is 34.1 Å². The van der Waals surface area contributed by atoms with Crippen molar-refractivity contribution >= 4 is 9.84 Å². The highest BCUT2D eigenvalue weighted by Crippen LogP contribution is 2.36. The highest BCUT2D eigenvalue weighted by atomic mass is 32.2. The van der Waals surface area contributed by atoms with Crippen LogP contribution in [0.4, 0.5) is 8.78 Å². The van der Waals surface area contributed by atoms with Gasteiger partial charge in [0.2, 0.25) is 19.8 Å². The molecule has 0 aromatic rings. The first-order chi connectivity index (χ1) is 5.62. The van der Waals surface area contributed by atoms with Gasteiger partial charge in [-0.15, -0.1) is 0 Å². The SMILES string of the molecule is CCC(C)(F)S(=O)(=O)C(C)(F)CC. The van der Waals surface area contributed by atoms with Crippen molar-refractivity contribution in [3.05, 3.63) is 0 Å². The Labute approximate surface area is 78.3 Å². The first kappa shape index (κ1) is 12.8. The van der Waals surface area contributed by atoms with E-state index in [1.54, 1.807) is 0 Å². The lowest BCUT2D eigenvalue weighted by Gasteiger charge is -2.27. The van der Waals surface area contributed by atoms with E-state index in [1.807, 2.05) is 0 Å². The van der Waals surface area contributed by atoms with Crippen molar-refractivity contribution in [2.75, 3.05) is 0 Å². The summed E-state index contributed by atoms with van der Waals surface area (Å²) in [6.45, 7) is 4.55. The fourth-order valence-corrected chi connectivity index (χ4v) is 2.47. The standard InChI is InChI=1S/C8H16F2O2S/c1-5-7(3,9)13(11,12)8(4,10)6-2/h5-6H2,1-4H3. The van der Waals surface area contributed by atoms with Gasteiger partial charge in [-0.25, -0.2) is 17.2 Å². The fraction of sp³-hybridized carbons (Fsp3) is 1.00. The van der Waals surface area contributed by atoms with Crippen LogP contribution in [0.5, 0.6) is 0 Å². The fourth-order valence-electron chi connectivity index (χ4n) is 0.824. The van der Waals surface area contributed by atoms with Crippen LogP contribution in [0.2, 0.25) is 0 Å². The van der Waals surface area contributed by atoms with E-state index in [-0.39, 0.29) is 12.8 Å². The smallest absolute Gasteiger partial charge is 0.219 e. The van der Waals surface area contributed by atoms with Crippen LogP contribution >= 0.6 is 0 Å². The van der Waals surface area contributed by atoms with E-state index < -0.39 is 19.8 Å². The van der Waals surface area contributed by atoms with Gasteiger partial charge in [-0.1, -0.05) is 13.8 Å². The molecule has 0 aliphatic heterocycles. The number of alkyl halides is 2. The molecule has 0 spiro atoms. The molecule has 0 amide bonds. The normalized spacial score (nSPS) is 22.0. The van der Waals surface area contributed by atoms with E-state index in [0.29, 0.717) is 0 Å². The summed E-state index contributed by atoms with van der Waals surface area (Å²) in [5.41, 5.74) is 0. The van der Waals surface area contributed by atoms with Gasteiger partial charge in [-0.05, 0) is 26.7 Å². The van der Waals surface area contributed by atoms with Crippen LogP contribution in [-0.2, 0) is 9.84 Å². The van der Waals surface area contributed by atoms with E-state index in [9.17, 15) is 17.2 Å². The summed E-state index contributed by atoms with van der Waals surface area (Å²) >= 11 is 0. The molecule has 13 heavy (non-hydrogen) atoms. The van der Waals surface area contributed by atoms with Gasteiger partial charge in [0.05, 0.1) is 0 Å². The van der Waals surface area contributed by atoms with Crippen molar-refractivity contribution in [2.24, 2.45) is 0 Å². The molecule has 0 bridgehead atoms. The summed E-state index contributed by atoms with van der Waals surface area (Å²) < 4.78 is 49.7. The van der Waals surface area contributed by atoms with Crippen molar-refractivity contribution in [3.63, 3.8) is 0 Å². The number of sulfone groups is 1. The minimum absolute atomic E-state index is 0.241. The number of hydrogen-bond donors (Lipinski definition) is 0. The zero-order valence-corrected chi connectivity index (χ0v) is 9.21.